The normalized spacial score (nSPS) is 16.6. The smallest absolute Gasteiger partial charge is 0.292 e. The molecule has 4 aromatic rings. The number of H-pyrrole nitrogens is 1. The number of hydrogen-bond donors (Lipinski definition) is 1. The van der Waals surface area contributed by atoms with Gasteiger partial charge in [-0.05, 0) is 25.3 Å². The quantitative estimate of drug-likeness (QED) is 0.558. The molecule has 0 fully saturated rings. The van der Waals surface area contributed by atoms with Gasteiger partial charge in [-0.1, -0.05) is 24.3 Å². The van der Waals surface area contributed by atoms with Gasteiger partial charge in [0.2, 0.25) is 11.7 Å². The Labute approximate surface area is 172 Å². The lowest BCUT2D eigenvalue weighted by molar-refractivity contribution is 0.0644. The molecule has 0 spiro atoms. The molecule has 0 bridgehead atoms. The number of imidazole rings is 1. The van der Waals surface area contributed by atoms with Crippen molar-refractivity contribution in [3.8, 4) is 0 Å². The molecule has 1 N–H and O–H groups in total. The highest BCUT2D eigenvalue weighted by molar-refractivity contribution is 5.92. The number of benzene rings is 1. The number of carbonyl (C=O) groups is 1. The average Bonchev–Trinajstić information content (AvgIpc) is 3.41. The van der Waals surface area contributed by atoms with Crippen LogP contribution in [-0.2, 0) is 12.1 Å². The zero-order valence-corrected chi connectivity index (χ0v) is 16.6. The molecular weight excluding hydrogens is 385 g/mol. The lowest BCUT2D eigenvalue weighted by Crippen LogP contribution is -2.41. The van der Waals surface area contributed by atoms with Crippen molar-refractivity contribution in [2.45, 2.75) is 32.0 Å². The summed E-state index contributed by atoms with van der Waals surface area (Å²) in [5.74, 6) is -0.490. The maximum absolute atomic E-state index is 14.2. The molecule has 30 heavy (non-hydrogen) atoms. The van der Waals surface area contributed by atoms with Crippen molar-refractivity contribution in [1.82, 2.24) is 24.8 Å². The van der Waals surface area contributed by atoms with E-state index in [9.17, 15) is 9.18 Å². The van der Waals surface area contributed by atoms with Crippen LogP contribution >= 0.6 is 0 Å². The third-order valence-electron chi connectivity index (χ3n) is 5.34. The van der Waals surface area contributed by atoms with E-state index in [4.69, 9.17) is 4.42 Å². The topological polar surface area (TPSA) is 87.9 Å². The van der Waals surface area contributed by atoms with Crippen molar-refractivity contribution in [1.29, 1.82) is 0 Å². The maximum atomic E-state index is 14.2. The fourth-order valence-electron chi connectivity index (χ4n) is 3.83. The van der Waals surface area contributed by atoms with Crippen molar-refractivity contribution in [2.24, 2.45) is 0 Å². The highest BCUT2D eigenvalue weighted by Gasteiger charge is 2.37. The number of oxazole rings is 1. The minimum Gasteiger partial charge on any atom is -0.432 e. The molecule has 0 saturated carbocycles. The third-order valence-corrected chi connectivity index (χ3v) is 5.34. The third kappa shape index (κ3) is 3.04. The van der Waals surface area contributed by atoms with Crippen LogP contribution in [0.15, 0.2) is 53.5 Å². The Kier molecular flexibility index (Phi) is 4.16. The van der Waals surface area contributed by atoms with E-state index in [1.165, 1.54) is 20.0 Å². The Hall–Kier alpha value is -3.55. The molecule has 1 aliphatic rings. The summed E-state index contributed by atoms with van der Waals surface area (Å²) in [7, 11) is 0. The van der Waals surface area contributed by atoms with E-state index in [0.717, 1.165) is 22.2 Å². The SMILES string of the molecule is CC(C)(F)c1ncc(C(=O)N2CCc3[nH]cnc3[C@@H]2c2cc3ccccc3cn2)o1. The molecule has 5 rings (SSSR count). The Morgan fingerprint density at radius 2 is 2.00 bits per heavy atom. The van der Waals surface area contributed by atoms with Crippen LogP contribution in [0.4, 0.5) is 4.39 Å². The summed E-state index contributed by atoms with van der Waals surface area (Å²) in [4.78, 5) is 31.2. The Bertz CT molecular complexity index is 1240. The molecule has 152 valence electrons. The van der Waals surface area contributed by atoms with Gasteiger partial charge in [-0.15, -0.1) is 0 Å². The summed E-state index contributed by atoms with van der Waals surface area (Å²) in [6.07, 6.45) is 5.34. The van der Waals surface area contributed by atoms with Gasteiger partial charge in [0, 0.05) is 30.2 Å². The first kappa shape index (κ1) is 18.5. The first-order valence-electron chi connectivity index (χ1n) is 9.75. The van der Waals surface area contributed by atoms with E-state index in [1.807, 2.05) is 30.3 Å². The van der Waals surface area contributed by atoms with Gasteiger partial charge in [0.1, 0.15) is 6.04 Å². The lowest BCUT2D eigenvalue weighted by Gasteiger charge is -2.34. The number of amides is 1. The predicted molar refractivity (Wildman–Crippen MR) is 108 cm³/mol. The average molecular weight is 405 g/mol. The largest absolute Gasteiger partial charge is 0.432 e. The van der Waals surface area contributed by atoms with Crippen molar-refractivity contribution in [3.05, 3.63) is 77.8 Å². The minimum atomic E-state index is -1.77. The van der Waals surface area contributed by atoms with E-state index < -0.39 is 11.7 Å². The van der Waals surface area contributed by atoms with Gasteiger partial charge in [0.15, 0.2) is 5.67 Å². The van der Waals surface area contributed by atoms with Crippen LogP contribution in [-0.4, -0.2) is 37.3 Å². The second-order valence-electron chi connectivity index (χ2n) is 7.88. The number of rotatable bonds is 3. The van der Waals surface area contributed by atoms with Crippen LogP contribution in [0.25, 0.3) is 10.8 Å². The van der Waals surface area contributed by atoms with E-state index in [1.54, 1.807) is 17.4 Å². The van der Waals surface area contributed by atoms with Crippen LogP contribution < -0.4 is 0 Å². The Morgan fingerprint density at radius 1 is 1.20 bits per heavy atom. The fraction of sp³-hybridized carbons (Fsp3) is 0.273. The molecule has 3 aromatic heterocycles. The number of aromatic amines is 1. The summed E-state index contributed by atoms with van der Waals surface area (Å²) in [5, 5.41) is 2.04. The molecular formula is C22H20FN5O2. The summed E-state index contributed by atoms with van der Waals surface area (Å²) in [6.45, 7) is 3.12. The molecule has 0 unspecified atom stereocenters. The molecule has 8 heteroatoms. The standard InChI is InChI=1S/C22H20FN5O2/c1-22(2,23)21-25-11-17(30-21)20(29)28-8-7-15-18(27-12-26-15)19(28)16-9-13-5-3-4-6-14(13)10-24-16/h3-6,9-12,19H,7-8H2,1-2H3,(H,26,27)/t19-/m0/s1. The minimum absolute atomic E-state index is 0.000463. The lowest BCUT2D eigenvalue weighted by atomic mass is 9.97. The molecule has 4 heterocycles. The number of fused-ring (bicyclic) bond motifs is 2. The van der Waals surface area contributed by atoms with E-state index in [2.05, 4.69) is 19.9 Å². The summed E-state index contributed by atoms with van der Waals surface area (Å²) in [5.41, 5.74) is 0.667. The molecule has 0 aliphatic carbocycles. The molecule has 1 aliphatic heterocycles. The summed E-state index contributed by atoms with van der Waals surface area (Å²) >= 11 is 0. The Morgan fingerprint density at radius 3 is 2.77 bits per heavy atom. The van der Waals surface area contributed by atoms with Crippen molar-refractivity contribution >= 4 is 16.7 Å². The predicted octanol–water partition coefficient (Wildman–Crippen LogP) is 3.94. The first-order valence-corrected chi connectivity index (χ1v) is 9.75. The highest BCUT2D eigenvalue weighted by atomic mass is 19.1. The fourth-order valence-corrected chi connectivity index (χ4v) is 3.83. The highest BCUT2D eigenvalue weighted by Crippen LogP contribution is 2.35. The molecule has 0 radical (unpaired) electrons. The number of alkyl halides is 1. The van der Waals surface area contributed by atoms with E-state index in [-0.39, 0.29) is 17.6 Å². The zero-order chi connectivity index (χ0) is 20.9. The van der Waals surface area contributed by atoms with Gasteiger partial charge in [-0.25, -0.2) is 14.4 Å². The van der Waals surface area contributed by atoms with Gasteiger partial charge in [0.05, 0.1) is 23.9 Å². The second-order valence-corrected chi connectivity index (χ2v) is 7.88. The molecule has 0 saturated heterocycles. The van der Waals surface area contributed by atoms with Gasteiger partial charge in [-0.3, -0.25) is 9.78 Å². The van der Waals surface area contributed by atoms with Crippen molar-refractivity contribution in [3.63, 3.8) is 0 Å². The molecule has 1 aromatic carbocycles. The second kappa shape index (κ2) is 6.76. The van der Waals surface area contributed by atoms with Crippen molar-refractivity contribution in [2.75, 3.05) is 6.54 Å². The van der Waals surface area contributed by atoms with Gasteiger partial charge < -0.3 is 14.3 Å². The van der Waals surface area contributed by atoms with Crippen LogP contribution in [0.1, 0.15) is 53.4 Å². The summed E-state index contributed by atoms with van der Waals surface area (Å²) in [6, 6.07) is 9.41. The van der Waals surface area contributed by atoms with Gasteiger partial charge in [-0.2, -0.15) is 0 Å². The monoisotopic (exact) mass is 405 g/mol. The Balaban J connectivity index is 1.58. The first-order chi connectivity index (χ1) is 14.4. The van der Waals surface area contributed by atoms with Crippen LogP contribution in [0.3, 0.4) is 0 Å². The van der Waals surface area contributed by atoms with Gasteiger partial charge >= 0.3 is 0 Å². The number of nitrogens with one attached hydrogen (secondary N) is 1. The maximum Gasteiger partial charge on any atom is 0.292 e. The number of carbonyl (C=O) groups excluding carboxylic acids is 1. The van der Waals surface area contributed by atoms with E-state index in [0.29, 0.717) is 18.7 Å². The molecule has 7 nitrogen and oxygen atoms in total. The van der Waals surface area contributed by atoms with Crippen molar-refractivity contribution < 1.29 is 13.6 Å². The van der Waals surface area contributed by atoms with Crippen LogP contribution in [0.5, 0.6) is 0 Å². The number of hydrogen-bond acceptors (Lipinski definition) is 5. The number of nitrogens with zero attached hydrogens (tertiary/aromatic N) is 4. The molecule has 1 atom stereocenters. The molecule has 1 amide bonds. The van der Waals surface area contributed by atoms with Crippen LogP contribution in [0.2, 0.25) is 0 Å². The number of aromatic nitrogens is 4. The number of pyridine rings is 1. The summed E-state index contributed by atoms with van der Waals surface area (Å²) < 4.78 is 19.6. The van der Waals surface area contributed by atoms with Gasteiger partial charge in [0.25, 0.3) is 5.91 Å². The van der Waals surface area contributed by atoms with E-state index >= 15 is 0 Å². The zero-order valence-electron chi connectivity index (χ0n) is 16.6. The number of halogens is 1. The van der Waals surface area contributed by atoms with Crippen LogP contribution in [0, 0.1) is 0 Å².